The maximum atomic E-state index is 5.63. The predicted molar refractivity (Wildman–Crippen MR) is 55.5 cm³/mol. The Morgan fingerprint density at radius 2 is 2.00 bits per heavy atom. The van der Waals surface area contributed by atoms with Gasteiger partial charge in [0.15, 0.2) is 0 Å². The molecule has 1 heterocycles. The van der Waals surface area contributed by atoms with Crippen molar-refractivity contribution in [2.45, 2.75) is 45.6 Å². The maximum Gasteiger partial charge on any atom is 0.0719 e. The predicted octanol–water partition coefficient (Wildman–Crippen LogP) is 2.61. The van der Waals surface area contributed by atoms with Gasteiger partial charge in [-0.3, -0.25) is 4.68 Å². The summed E-state index contributed by atoms with van der Waals surface area (Å²) in [6.07, 6.45) is 8.42. The molecule has 0 aliphatic rings. The molecule has 0 unspecified atom stereocenters. The van der Waals surface area contributed by atoms with Gasteiger partial charge >= 0.3 is 0 Å². The van der Waals surface area contributed by atoms with Crippen LogP contribution in [0, 0.1) is 0 Å². The molecule has 1 aromatic rings. The van der Waals surface area contributed by atoms with Gasteiger partial charge in [-0.05, 0) is 12.8 Å². The molecule has 2 N–H and O–H groups in total. The molecule has 0 bridgehead atoms. The molecular formula is C10H19N3. The van der Waals surface area contributed by atoms with Crippen molar-refractivity contribution < 1.29 is 0 Å². The second kappa shape index (κ2) is 4.90. The third-order valence-corrected chi connectivity index (χ3v) is 2.24. The van der Waals surface area contributed by atoms with Gasteiger partial charge in [0.2, 0.25) is 0 Å². The second-order valence-electron chi connectivity index (χ2n) is 3.48. The minimum Gasteiger partial charge on any atom is -0.396 e. The zero-order chi connectivity index (χ0) is 9.68. The monoisotopic (exact) mass is 181 g/mol. The smallest absolute Gasteiger partial charge is 0.0719 e. The Bertz CT molecular complexity index is 236. The number of aromatic nitrogens is 2. The van der Waals surface area contributed by atoms with E-state index < -0.39 is 0 Å². The first kappa shape index (κ1) is 10.1. The van der Waals surface area contributed by atoms with E-state index in [9.17, 15) is 0 Å². The number of nitrogens with two attached hydrogens (primary N) is 1. The Labute approximate surface area is 79.9 Å². The summed E-state index contributed by atoms with van der Waals surface area (Å²) in [6, 6.07) is 0.535. The van der Waals surface area contributed by atoms with Crippen molar-refractivity contribution >= 4 is 5.69 Å². The Hall–Kier alpha value is -0.990. The van der Waals surface area contributed by atoms with E-state index >= 15 is 0 Å². The summed E-state index contributed by atoms with van der Waals surface area (Å²) in [7, 11) is 0. The summed E-state index contributed by atoms with van der Waals surface area (Å²) in [5.74, 6) is 0. The topological polar surface area (TPSA) is 43.8 Å². The molecule has 0 spiro atoms. The number of nitrogens with zero attached hydrogens (tertiary/aromatic N) is 2. The lowest BCUT2D eigenvalue weighted by Gasteiger charge is -2.15. The molecule has 0 amide bonds. The Morgan fingerprint density at radius 3 is 2.38 bits per heavy atom. The van der Waals surface area contributed by atoms with Crippen molar-refractivity contribution in [1.29, 1.82) is 0 Å². The van der Waals surface area contributed by atoms with Gasteiger partial charge in [0.25, 0.3) is 0 Å². The number of anilines is 1. The largest absolute Gasteiger partial charge is 0.396 e. The fourth-order valence-corrected chi connectivity index (χ4v) is 1.63. The number of nitrogen functional groups attached to an aromatic ring is 1. The summed E-state index contributed by atoms with van der Waals surface area (Å²) in [4.78, 5) is 0. The molecule has 0 saturated heterocycles. The molecule has 13 heavy (non-hydrogen) atoms. The van der Waals surface area contributed by atoms with Crippen LogP contribution in [0.2, 0.25) is 0 Å². The van der Waals surface area contributed by atoms with E-state index in [-0.39, 0.29) is 0 Å². The van der Waals surface area contributed by atoms with Crippen LogP contribution in [0.1, 0.15) is 45.6 Å². The van der Waals surface area contributed by atoms with Crippen LogP contribution in [0.25, 0.3) is 0 Å². The molecule has 0 radical (unpaired) electrons. The van der Waals surface area contributed by atoms with Crippen LogP contribution >= 0.6 is 0 Å². The molecule has 1 aromatic heterocycles. The zero-order valence-electron chi connectivity index (χ0n) is 8.53. The van der Waals surface area contributed by atoms with E-state index in [0.29, 0.717) is 6.04 Å². The van der Waals surface area contributed by atoms with Gasteiger partial charge in [0.1, 0.15) is 0 Å². The molecule has 74 valence electrons. The number of rotatable bonds is 5. The quantitative estimate of drug-likeness (QED) is 0.758. The summed E-state index contributed by atoms with van der Waals surface area (Å²) in [5, 5.41) is 4.24. The fourth-order valence-electron chi connectivity index (χ4n) is 1.63. The van der Waals surface area contributed by atoms with Crippen LogP contribution in [0.15, 0.2) is 12.4 Å². The van der Waals surface area contributed by atoms with E-state index in [1.165, 1.54) is 25.7 Å². The SMILES string of the molecule is CCCC(CCC)n1cc(N)cn1. The first-order valence-electron chi connectivity index (χ1n) is 5.07. The van der Waals surface area contributed by atoms with Crippen molar-refractivity contribution in [2.75, 3.05) is 5.73 Å². The van der Waals surface area contributed by atoms with E-state index in [4.69, 9.17) is 5.73 Å². The summed E-state index contributed by atoms with van der Waals surface area (Å²) in [6.45, 7) is 4.41. The molecule has 1 rings (SSSR count). The fraction of sp³-hybridized carbons (Fsp3) is 0.700. The van der Waals surface area contributed by atoms with Gasteiger partial charge in [-0.25, -0.2) is 0 Å². The molecule has 0 aliphatic carbocycles. The van der Waals surface area contributed by atoms with Crippen molar-refractivity contribution in [3.8, 4) is 0 Å². The van der Waals surface area contributed by atoms with Crippen LogP contribution in [0.3, 0.4) is 0 Å². The average molecular weight is 181 g/mol. The van der Waals surface area contributed by atoms with Crippen LogP contribution < -0.4 is 5.73 Å². The van der Waals surface area contributed by atoms with Crippen molar-refractivity contribution in [2.24, 2.45) is 0 Å². The van der Waals surface area contributed by atoms with E-state index in [0.717, 1.165) is 5.69 Å². The Kier molecular flexibility index (Phi) is 3.80. The summed E-state index contributed by atoms with van der Waals surface area (Å²) < 4.78 is 2.00. The minimum absolute atomic E-state index is 0.535. The van der Waals surface area contributed by atoms with E-state index in [1.54, 1.807) is 6.20 Å². The molecule has 0 saturated carbocycles. The highest BCUT2D eigenvalue weighted by Crippen LogP contribution is 2.19. The highest BCUT2D eigenvalue weighted by atomic mass is 15.3. The number of hydrogen-bond donors (Lipinski definition) is 1. The highest BCUT2D eigenvalue weighted by Gasteiger charge is 2.09. The molecule has 3 heteroatoms. The highest BCUT2D eigenvalue weighted by molar-refractivity contribution is 5.30. The van der Waals surface area contributed by atoms with Gasteiger partial charge in [-0.15, -0.1) is 0 Å². The lowest BCUT2D eigenvalue weighted by atomic mass is 10.1. The summed E-state index contributed by atoms with van der Waals surface area (Å²) in [5.41, 5.74) is 6.39. The minimum atomic E-state index is 0.535. The van der Waals surface area contributed by atoms with Gasteiger partial charge in [-0.2, -0.15) is 5.10 Å². The molecule has 0 aliphatic heterocycles. The normalized spacial score (nSPS) is 11.0. The number of hydrogen-bond acceptors (Lipinski definition) is 2. The molecule has 0 fully saturated rings. The van der Waals surface area contributed by atoms with Crippen LogP contribution in [-0.2, 0) is 0 Å². The van der Waals surface area contributed by atoms with Crippen LogP contribution in [-0.4, -0.2) is 9.78 Å². The molecular weight excluding hydrogens is 162 g/mol. The maximum absolute atomic E-state index is 5.63. The summed E-state index contributed by atoms with van der Waals surface area (Å²) >= 11 is 0. The first-order valence-corrected chi connectivity index (χ1v) is 5.07. The molecule has 3 nitrogen and oxygen atoms in total. The average Bonchev–Trinajstić information content (AvgIpc) is 2.51. The zero-order valence-corrected chi connectivity index (χ0v) is 8.53. The standard InChI is InChI=1S/C10H19N3/c1-3-5-10(6-4-2)13-8-9(11)7-12-13/h7-8,10H,3-6,11H2,1-2H3. The van der Waals surface area contributed by atoms with Gasteiger partial charge in [0.05, 0.1) is 17.9 Å². The van der Waals surface area contributed by atoms with Crippen LogP contribution in [0.5, 0.6) is 0 Å². The van der Waals surface area contributed by atoms with E-state index in [1.807, 2.05) is 10.9 Å². The van der Waals surface area contributed by atoms with Gasteiger partial charge in [0, 0.05) is 6.20 Å². The lowest BCUT2D eigenvalue weighted by molar-refractivity contribution is 0.391. The molecule has 0 aromatic carbocycles. The first-order chi connectivity index (χ1) is 6.27. The second-order valence-corrected chi connectivity index (χ2v) is 3.48. The Balaban J connectivity index is 2.63. The van der Waals surface area contributed by atoms with Crippen molar-refractivity contribution in [1.82, 2.24) is 9.78 Å². The van der Waals surface area contributed by atoms with Crippen LogP contribution in [0.4, 0.5) is 5.69 Å². The third-order valence-electron chi connectivity index (χ3n) is 2.24. The molecule has 0 atom stereocenters. The van der Waals surface area contributed by atoms with Crippen molar-refractivity contribution in [3.63, 3.8) is 0 Å². The van der Waals surface area contributed by atoms with Crippen molar-refractivity contribution in [3.05, 3.63) is 12.4 Å². The Morgan fingerprint density at radius 1 is 1.38 bits per heavy atom. The lowest BCUT2D eigenvalue weighted by Crippen LogP contribution is -2.09. The third kappa shape index (κ3) is 2.76. The van der Waals surface area contributed by atoms with E-state index in [2.05, 4.69) is 18.9 Å². The van der Waals surface area contributed by atoms with Gasteiger partial charge in [-0.1, -0.05) is 26.7 Å². The van der Waals surface area contributed by atoms with Gasteiger partial charge < -0.3 is 5.73 Å².